The van der Waals surface area contributed by atoms with Gasteiger partial charge < -0.3 is 5.32 Å². The van der Waals surface area contributed by atoms with Crippen LogP contribution in [0.3, 0.4) is 0 Å². The van der Waals surface area contributed by atoms with Gasteiger partial charge >= 0.3 is 6.18 Å². The highest BCUT2D eigenvalue weighted by molar-refractivity contribution is 7.89. The van der Waals surface area contributed by atoms with E-state index in [4.69, 9.17) is 0 Å². The lowest BCUT2D eigenvalue weighted by molar-refractivity contribution is -0.137. The molecule has 3 rings (SSSR count). The third kappa shape index (κ3) is 2.56. The highest BCUT2D eigenvalue weighted by Crippen LogP contribution is 2.34. The van der Waals surface area contributed by atoms with E-state index in [1.807, 2.05) is 0 Å². The Morgan fingerprint density at radius 3 is 2.43 bits per heavy atom. The first-order valence-electron chi connectivity index (χ1n) is 6.70. The summed E-state index contributed by atoms with van der Waals surface area (Å²) in [5, 5.41) is 3.15. The predicted molar refractivity (Wildman–Crippen MR) is 70.1 cm³/mol. The van der Waals surface area contributed by atoms with E-state index in [-0.39, 0.29) is 10.9 Å². The number of alkyl halides is 3. The first-order valence-corrected chi connectivity index (χ1v) is 8.14. The van der Waals surface area contributed by atoms with Crippen LogP contribution in [-0.2, 0) is 16.2 Å². The van der Waals surface area contributed by atoms with Crippen molar-refractivity contribution in [3.8, 4) is 0 Å². The summed E-state index contributed by atoms with van der Waals surface area (Å²) in [7, 11) is -3.73. The Bertz CT molecular complexity index is 628. The molecular formula is C13H15F3N2O2S. The number of hydrogen-bond donors (Lipinski definition) is 1. The average Bonchev–Trinajstić information content (AvgIpc) is 2.99. The van der Waals surface area contributed by atoms with Crippen molar-refractivity contribution in [2.24, 2.45) is 5.92 Å². The first kappa shape index (κ1) is 14.8. The van der Waals surface area contributed by atoms with Crippen molar-refractivity contribution in [1.82, 2.24) is 9.62 Å². The molecule has 0 radical (unpaired) electrons. The second kappa shape index (κ2) is 4.96. The molecule has 0 unspecified atom stereocenters. The second-order valence-corrected chi connectivity index (χ2v) is 7.30. The molecule has 2 atom stereocenters. The molecule has 2 heterocycles. The molecule has 0 spiro atoms. The number of fused-ring (bicyclic) bond motifs is 1. The monoisotopic (exact) mass is 320 g/mol. The van der Waals surface area contributed by atoms with E-state index in [2.05, 4.69) is 5.32 Å². The molecule has 0 bridgehead atoms. The fourth-order valence-electron chi connectivity index (χ4n) is 3.06. The molecule has 2 aliphatic rings. The molecule has 21 heavy (non-hydrogen) atoms. The predicted octanol–water partition coefficient (Wildman–Crippen LogP) is 1.69. The van der Waals surface area contributed by atoms with Crippen LogP contribution in [0.1, 0.15) is 12.0 Å². The van der Waals surface area contributed by atoms with E-state index in [0.29, 0.717) is 19.0 Å². The SMILES string of the molecule is O=S(=O)(c1ccc(C(F)(F)F)cc1)N1CC[C@H]2CNC[C@H]21. The van der Waals surface area contributed by atoms with Crippen LogP contribution in [0.15, 0.2) is 29.2 Å². The molecule has 0 aliphatic carbocycles. The summed E-state index contributed by atoms with van der Waals surface area (Å²) < 4.78 is 64.1. The van der Waals surface area contributed by atoms with Gasteiger partial charge in [-0.15, -0.1) is 0 Å². The number of halogens is 3. The molecule has 0 amide bonds. The maximum absolute atomic E-state index is 12.6. The van der Waals surface area contributed by atoms with Crippen LogP contribution in [0.2, 0.25) is 0 Å². The summed E-state index contributed by atoms with van der Waals surface area (Å²) >= 11 is 0. The minimum absolute atomic E-state index is 0.0805. The molecule has 1 aromatic carbocycles. The Hall–Kier alpha value is -1.12. The minimum atomic E-state index is -4.46. The number of rotatable bonds is 2. The van der Waals surface area contributed by atoms with Gasteiger partial charge in [0.2, 0.25) is 10.0 Å². The van der Waals surface area contributed by atoms with Gasteiger partial charge in [0.05, 0.1) is 10.5 Å². The summed E-state index contributed by atoms with van der Waals surface area (Å²) in [4.78, 5) is -0.0805. The third-order valence-corrected chi connectivity index (χ3v) is 6.12. The molecule has 0 aromatic heterocycles. The highest BCUT2D eigenvalue weighted by atomic mass is 32.2. The summed E-state index contributed by atoms with van der Waals surface area (Å²) in [5.74, 6) is 0.300. The zero-order valence-corrected chi connectivity index (χ0v) is 11.9. The van der Waals surface area contributed by atoms with Crippen LogP contribution in [0.5, 0.6) is 0 Å². The molecule has 1 aromatic rings. The number of benzene rings is 1. The lowest BCUT2D eigenvalue weighted by Crippen LogP contribution is -2.39. The van der Waals surface area contributed by atoms with Crippen molar-refractivity contribution in [2.45, 2.75) is 23.5 Å². The van der Waals surface area contributed by atoms with Crippen LogP contribution in [0.25, 0.3) is 0 Å². The van der Waals surface area contributed by atoms with Crippen LogP contribution >= 0.6 is 0 Å². The summed E-state index contributed by atoms with van der Waals surface area (Å²) in [5.41, 5.74) is -0.844. The topological polar surface area (TPSA) is 49.4 Å². The zero-order valence-electron chi connectivity index (χ0n) is 11.1. The average molecular weight is 320 g/mol. The van der Waals surface area contributed by atoms with Gasteiger partial charge in [-0.3, -0.25) is 0 Å². The molecule has 2 aliphatic heterocycles. The Morgan fingerprint density at radius 2 is 1.81 bits per heavy atom. The van der Waals surface area contributed by atoms with Gasteiger partial charge in [0.1, 0.15) is 0 Å². The Labute approximate surface area is 121 Å². The Kier molecular flexibility index (Phi) is 3.50. The van der Waals surface area contributed by atoms with Crippen molar-refractivity contribution in [2.75, 3.05) is 19.6 Å². The van der Waals surface area contributed by atoms with Crippen LogP contribution in [-0.4, -0.2) is 38.4 Å². The van der Waals surface area contributed by atoms with Gasteiger partial charge in [-0.1, -0.05) is 0 Å². The smallest absolute Gasteiger partial charge is 0.315 e. The summed E-state index contributed by atoms with van der Waals surface area (Å²) in [6, 6.07) is 3.61. The number of hydrogen-bond acceptors (Lipinski definition) is 3. The first-order chi connectivity index (χ1) is 9.80. The van der Waals surface area contributed by atoms with Crippen molar-refractivity contribution in [1.29, 1.82) is 0 Å². The fourth-order valence-corrected chi connectivity index (χ4v) is 4.76. The molecule has 2 fully saturated rings. The lowest BCUT2D eigenvalue weighted by Gasteiger charge is -2.23. The van der Waals surface area contributed by atoms with E-state index >= 15 is 0 Å². The lowest BCUT2D eigenvalue weighted by atomic mass is 10.1. The maximum Gasteiger partial charge on any atom is 0.416 e. The van der Waals surface area contributed by atoms with Gasteiger partial charge in [-0.2, -0.15) is 17.5 Å². The van der Waals surface area contributed by atoms with Crippen molar-refractivity contribution < 1.29 is 21.6 Å². The number of sulfonamides is 1. The third-order valence-electron chi connectivity index (χ3n) is 4.18. The van der Waals surface area contributed by atoms with Crippen LogP contribution in [0, 0.1) is 5.92 Å². The molecule has 2 saturated heterocycles. The van der Waals surface area contributed by atoms with Crippen molar-refractivity contribution in [3.63, 3.8) is 0 Å². The highest BCUT2D eigenvalue weighted by Gasteiger charge is 2.44. The molecule has 8 heteroatoms. The van der Waals surface area contributed by atoms with Gasteiger partial charge in [0, 0.05) is 19.1 Å². The van der Waals surface area contributed by atoms with Crippen molar-refractivity contribution >= 4 is 10.0 Å². The van der Waals surface area contributed by atoms with Crippen molar-refractivity contribution in [3.05, 3.63) is 29.8 Å². The van der Waals surface area contributed by atoms with Crippen LogP contribution in [0.4, 0.5) is 13.2 Å². The van der Waals surface area contributed by atoms with Gasteiger partial charge in [-0.25, -0.2) is 8.42 Å². The fraction of sp³-hybridized carbons (Fsp3) is 0.538. The standard InChI is InChI=1S/C13H15F3N2O2S/c14-13(15,16)10-1-3-11(4-2-10)21(19,20)18-6-5-9-7-17-8-12(9)18/h1-4,9,12,17H,5-8H2/t9-,12+/m0/s1. The van der Waals surface area contributed by atoms with E-state index in [9.17, 15) is 21.6 Å². The molecule has 0 saturated carbocycles. The minimum Gasteiger partial charge on any atom is -0.315 e. The van der Waals surface area contributed by atoms with E-state index in [0.717, 1.165) is 37.2 Å². The maximum atomic E-state index is 12.6. The summed E-state index contributed by atoms with van der Waals surface area (Å²) in [6.07, 6.45) is -3.67. The van der Waals surface area contributed by atoms with Gasteiger partial charge in [0.15, 0.2) is 0 Å². The van der Waals surface area contributed by atoms with E-state index < -0.39 is 21.8 Å². The second-order valence-electron chi connectivity index (χ2n) is 5.41. The van der Waals surface area contributed by atoms with E-state index in [1.54, 1.807) is 0 Å². The Balaban J connectivity index is 1.88. The van der Waals surface area contributed by atoms with Gasteiger partial charge in [0.25, 0.3) is 0 Å². The van der Waals surface area contributed by atoms with Crippen LogP contribution < -0.4 is 5.32 Å². The number of nitrogens with one attached hydrogen (secondary N) is 1. The van der Waals surface area contributed by atoms with Gasteiger partial charge in [-0.05, 0) is 43.1 Å². The zero-order chi connectivity index (χ0) is 15.3. The molecule has 4 nitrogen and oxygen atoms in total. The molecule has 1 N–H and O–H groups in total. The molecule has 116 valence electrons. The number of nitrogens with zero attached hydrogens (tertiary/aromatic N) is 1. The normalized spacial score (nSPS) is 27.0. The quantitative estimate of drug-likeness (QED) is 0.902. The summed E-state index contributed by atoms with van der Waals surface area (Å²) in [6.45, 7) is 1.83. The van der Waals surface area contributed by atoms with E-state index in [1.165, 1.54) is 4.31 Å². The molecular weight excluding hydrogens is 305 g/mol. The Morgan fingerprint density at radius 1 is 1.14 bits per heavy atom. The largest absolute Gasteiger partial charge is 0.416 e.